The quantitative estimate of drug-likeness (QED) is 0.648. The Labute approximate surface area is 117 Å². The number of para-hydroxylation sites is 1. The van der Waals surface area contributed by atoms with Crippen LogP contribution in [0.5, 0.6) is 0 Å². The molecule has 2 unspecified atom stereocenters. The zero-order valence-electron chi connectivity index (χ0n) is 11.2. The third-order valence-electron chi connectivity index (χ3n) is 3.87. The van der Waals surface area contributed by atoms with Crippen LogP contribution in [-0.2, 0) is 0 Å². The van der Waals surface area contributed by atoms with Crippen molar-refractivity contribution in [3.63, 3.8) is 0 Å². The first kappa shape index (κ1) is 14.5. The van der Waals surface area contributed by atoms with Crippen LogP contribution in [0.2, 0.25) is 0 Å². The van der Waals surface area contributed by atoms with E-state index in [1.807, 2.05) is 0 Å². The average Bonchev–Trinajstić information content (AvgIpc) is 2.47. The molecule has 108 valence electrons. The molecule has 0 bridgehead atoms. The topological polar surface area (TPSA) is 98.3 Å². The van der Waals surface area contributed by atoms with Crippen molar-refractivity contribution in [2.24, 2.45) is 11.7 Å². The molecular weight excluding hydrogens is 258 g/mol. The van der Waals surface area contributed by atoms with E-state index in [-0.39, 0.29) is 29.1 Å². The molecule has 2 atom stereocenters. The number of rotatable bonds is 4. The van der Waals surface area contributed by atoms with Crippen molar-refractivity contribution >= 4 is 11.6 Å². The zero-order chi connectivity index (χ0) is 14.5. The van der Waals surface area contributed by atoms with E-state index in [9.17, 15) is 14.9 Å². The molecule has 1 aromatic rings. The van der Waals surface area contributed by atoms with Crippen LogP contribution in [0.3, 0.4) is 0 Å². The van der Waals surface area contributed by atoms with Crippen LogP contribution < -0.4 is 11.1 Å². The Hall–Kier alpha value is -1.95. The van der Waals surface area contributed by atoms with E-state index in [1.54, 1.807) is 12.1 Å². The molecule has 1 fully saturated rings. The number of carbonyl (C=O) groups excluding carboxylic acids is 1. The number of nitrogens with one attached hydrogen (secondary N) is 1. The van der Waals surface area contributed by atoms with Gasteiger partial charge in [-0.25, -0.2) is 0 Å². The second-order valence-electron chi connectivity index (χ2n) is 5.13. The largest absolute Gasteiger partial charge is 0.349 e. The lowest BCUT2D eigenvalue weighted by atomic mass is 9.84. The second kappa shape index (κ2) is 6.47. The SMILES string of the molecule is NCC1CCCCC1NC(=O)c1ccccc1[N+](=O)[O-]. The van der Waals surface area contributed by atoms with Crippen LogP contribution in [0.25, 0.3) is 0 Å². The monoisotopic (exact) mass is 277 g/mol. The van der Waals surface area contributed by atoms with Crippen molar-refractivity contribution in [1.29, 1.82) is 0 Å². The molecule has 20 heavy (non-hydrogen) atoms. The highest BCUT2D eigenvalue weighted by Gasteiger charge is 2.27. The van der Waals surface area contributed by atoms with Gasteiger partial charge in [0.15, 0.2) is 0 Å². The van der Waals surface area contributed by atoms with E-state index in [0.717, 1.165) is 25.7 Å². The highest BCUT2D eigenvalue weighted by Crippen LogP contribution is 2.25. The molecule has 0 spiro atoms. The van der Waals surface area contributed by atoms with Crippen LogP contribution in [0.1, 0.15) is 36.0 Å². The van der Waals surface area contributed by atoms with Crippen LogP contribution in [0.15, 0.2) is 24.3 Å². The van der Waals surface area contributed by atoms with Crippen LogP contribution in [-0.4, -0.2) is 23.4 Å². The fraction of sp³-hybridized carbons (Fsp3) is 0.500. The van der Waals surface area contributed by atoms with Crippen LogP contribution >= 0.6 is 0 Å². The van der Waals surface area contributed by atoms with Crippen molar-refractivity contribution in [3.8, 4) is 0 Å². The van der Waals surface area contributed by atoms with Gasteiger partial charge < -0.3 is 11.1 Å². The van der Waals surface area contributed by atoms with Crippen molar-refractivity contribution in [2.75, 3.05) is 6.54 Å². The molecule has 0 aliphatic heterocycles. The van der Waals surface area contributed by atoms with E-state index < -0.39 is 4.92 Å². The summed E-state index contributed by atoms with van der Waals surface area (Å²) in [6, 6.07) is 6.02. The molecule has 3 N–H and O–H groups in total. The van der Waals surface area contributed by atoms with E-state index in [2.05, 4.69) is 5.32 Å². The minimum atomic E-state index is -0.532. The molecule has 0 heterocycles. The summed E-state index contributed by atoms with van der Waals surface area (Å²) in [6.07, 6.45) is 4.06. The minimum absolute atomic E-state index is 0.0149. The molecule has 6 nitrogen and oxygen atoms in total. The molecule has 0 radical (unpaired) electrons. The third kappa shape index (κ3) is 3.14. The second-order valence-corrected chi connectivity index (χ2v) is 5.13. The van der Waals surface area contributed by atoms with Crippen molar-refractivity contribution in [1.82, 2.24) is 5.32 Å². The first-order valence-electron chi connectivity index (χ1n) is 6.88. The molecule has 2 rings (SSSR count). The smallest absolute Gasteiger partial charge is 0.282 e. The maximum absolute atomic E-state index is 12.2. The number of nitrogens with two attached hydrogens (primary N) is 1. The summed E-state index contributed by atoms with van der Waals surface area (Å²) >= 11 is 0. The lowest BCUT2D eigenvalue weighted by molar-refractivity contribution is -0.385. The molecule has 0 aromatic heterocycles. The summed E-state index contributed by atoms with van der Waals surface area (Å²) in [6.45, 7) is 0.530. The fourth-order valence-electron chi connectivity index (χ4n) is 2.75. The number of amides is 1. The average molecular weight is 277 g/mol. The van der Waals surface area contributed by atoms with Gasteiger partial charge in [-0.3, -0.25) is 14.9 Å². The van der Waals surface area contributed by atoms with Crippen molar-refractivity contribution < 1.29 is 9.72 Å². The zero-order valence-corrected chi connectivity index (χ0v) is 11.2. The number of hydrogen-bond acceptors (Lipinski definition) is 4. The Morgan fingerprint density at radius 3 is 2.75 bits per heavy atom. The first-order chi connectivity index (χ1) is 9.63. The van der Waals surface area contributed by atoms with Gasteiger partial charge >= 0.3 is 0 Å². The number of carbonyl (C=O) groups is 1. The standard InChI is InChI=1S/C14H19N3O3/c15-9-10-5-1-3-7-12(10)16-14(18)11-6-2-4-8-13(11)17(19)20/h2,4,6,8,10,12H,1,3,5,7,9,15H2,(H,16,18). The summed E-state index contributed by atoms with van der Waals surface area (Å²) in [7, 11) is 0. The van der Waals surface area contributed by atoms with Gasteiger partial charge in [-0.05, 0) is 31.4 Å². The Morgan fingerprint density at radius 1 is 1.35 bits per heavy atom. The van der Waals surface area contributed by atoms with Crippen LogP contribution in [0, 0.1) is 16.0 Å². The highest BCUT2D eigenvalue weighted by molar-refractivity contribution is 5.98. The molecule has 1 aromatic carbocycles. The summed E-state index contributed by atoms with van der Waals surface area (Å²) in [4.78, 5) is 22.7. The summed E-state index contributed by atoms with van der Waals surface area (Å²) in [5.41, 5.74) is 5.67. The maximum Gasteiger partial charge on any atom is 0.282 e. The maximum atomic E-state index is 12.2. The van der Waals surface area contributed by atoms with E-state index in [1.165, 1.54) is 12.1 Å². The van der Waals surface area contributed by atoms with Gasteiger partial charge in [0.05, 0.1) is 4.92 Å². The Bertz CT molecular complexity index is 504. The molecule has 6 heteroatoms. The summed E-state index contributed by atoms with van der Waals surface area (Å²) in [5.74, 6) is -0.127. The molecule has 1 amide bonds. The normalized spacial score (nSPS) is 22.2. The highest BCUT2D eigenvalue weighted by atomic mass is 16.6. The third-order valence-corrected chi connectivity index (χ3v) is 3.87. The van der Waals surface area contributed by atoms with Crippen LogP contribution in [0.4, 0.5) is 5.69 Å². The van der Waals surface area contributed by atoms with Gasteiger partial charge in [0.1, 0.15) is 5.56 Å². The van der Waals surface area contributed by atoms with Gasteiger partial charge in [-0.2, -0.15) is 0 Å². The fourth-order valence-corrected chi connectivity index (χ4v) is 2.75. The number of nitrogens with zero attached hydrogens (tertiary/aromatic N) is 1. The number of nitro groups is 1. The molecule has 1 aliphatic rings. The minimum Gasteiger partial charge on any atom is -0.349 e. The van der Waals surface area contributed by atoms with E-state index >= 15 is 0 Å². The number of benzene rings is 1. The van der Waals surface area contributed by atoms with Gasteiger partial charge in [-0.1, -0.05) is 25.0 Å². The lowest BCUT2D eigenvalue weighted by Crippen LogP contribution is -2.44. The predicted octanol–water partition coefficient (Wildman–Crippen LogP) is 1.84. The van der Waals surface area contributed by atoms with E-state index in [0.29, 0.717) is 6.54 Å². The predicted molar refractivity (Wildman–Crippen MR) is 75.4 cm³/mol. The number of hydrogen-bond donors (Lipinski definition) is 2. The Morgan fingerprint density at radius 2 is 2.05 bits per heavy atom. The van der Waals surface area contributed by atoms with Gasteiger partial charge in [-0.15, -0.1) is 0 Å². The molecule has 1 saturated carbocycles. The van der Waals surface area contributed by atoms with Crippen molar-refractivity contribution in [3.05, 3.63) is 39.9 Å². The van der Waals surface area contributed by atoms with E-state index in [4.69, 9.17) is 5.73 Å². The van der Waals surface area contributed by atoms with Gasteiger partial charge in [0.2, 0.25) is 0 Å². The first-order valence-corrected chi connectivity index (χ1v) is 6.88. The lowest BCUT2D eigenvalue weighted by Gasteiger charge is -2.31. The number of nitro benzene ring substituents is 1. The molecule has 0 saturated heterocycles. The van der Waals surface area contributed by atoms with Gasteiger partial charge in [0, 0.05) is 12.1 Å². The summed E-state index contributed by atoms with van der Waals surface area (Å²) < 4.78 is 0. The Balaban J connectivity index is 2.13. The van der Waals surface area contributed by atoms with Crippen molar-refractivity contribution in [2.45, 2.75) is 31.7 Å². The molecule has 1 aliphatic carbocycles. The molecular formula is C14H19N3O3. The van der Waals surface area contributed by atoms with Gasteiger partial charge in [0.25, 0.3) is 11.6 Å². The summed E-state index contributed by atoms with van der Waals surface area (Å²) in [5, 5.41) is 13.9. The Kier molecular flexibility index (Phi) is 4.68.